The molecule has 1 aliphatic rings. The number of rotatable bonds is 5. The van der Waals surface area contributed by atoms with Gasteiger partial charge in [0.1, 0.15) is 10.6 Å². The Morgan fingerprint density at radius 3 is 2.95 bits per heavy atom. The third-order valence-electron chi connectivity index (χ3n) is 3.29. The number of sulfonamides is 1. The Hall–Kier alpha value is -1.31. The fraction of sp³-hybridized carbons (Fsp3) is 0.538. The van der Waals surface area contributed by atoms with Gasteiger partial charge in [-0.2, -0.15) is 0 Å². The summed E-state index contributed by atoms with van der Waals surface area (Å²) in [5.41, 5.74) is 6.09. The van der Waals surface area contributed by atoms with Gasteiger partial charge in [-0.3, -0.25) is 0 Å². The Bertz CT molecular complexity index is 553. The van der Waals surface area contributed by atoms with E-state index in [9.17, 15) is 8.42 Å². The Morgan fingerprint density at radius 2 is 2.30 bits per heavy atom. The third-order valence-corrected chi connectivity index (χ3v) is 4.76. The first kappa shape index (κ1) is 15.1. The molecule has 1 aliphatic heterocycles. The fourth-order valence-corrected chi connectivity index (χ4v) is 3.44. The van der Waals surface area contributed by atoms with Crippen LogP contribution in [0.1, 0.15) is 12.8 Å². The smallest absolute Gasteiger partial charge is 0.244 e. The molecule has 20 heavy (non-hydrogen) atoms. The van der Waals surface area contributed by atoms with Crippen molar-refractivity contribution in [1.82, 2.24) is 4.72 Å². The quantitative estimate of drug-likeness (QED) is 0.791. The minimum Gasteiger partial charge on any atom is -0.495 e. The molecule has 1 aromatic carbocycles. The molecule has 1 heterocycles. The van der Waals surface area contributed by atoms with Gasteiger partial charge in [0.25, 0.3) is 0 Å². The molecule has 1 unspecified atom stereocenters. The second-order valence-electron chi connectivity index (χ2n) is 4.85. The summed E-state index contributed by atoms with van der Waals surface area (Å²) >= 11 is 0. The monoisotopic (exact) mass is 300 g/mol. The highest BCUT2D eigenvalue weighted by Crippen LogP contribution is 2.26. The maximum atomic E-state index is 12.3. The standard InChI is InChI=1S/C13H20N2O4S/c1-18-12-7-11(14)4-5-13(12)20(16,17)15-8-10-3-2-6-19-9-10/h4-5,7,10,15H,2-3,6,8-9,14H2,1H3. The molecule has 0 aromatic heterocycles. The molecule has 1 aromatic rings. The highest BCUT2D eigenvalue weighted by Gasteiger charge is 2.22. The van der Waals surface area contributed by atoms with Gasteiger partial charge in [-0.1, -0.05) is 0 Å². The van der Waals surface area contributed by atoms with Crippen LogP contribution in [0.15, 0.2) is 23.1 Å². The zero-order chi connectivity index (χ0) is 14.6. The number of hydrogen-bond donors (Lipinski definition) is 2. The van der Waals surface area contributed by atoms with Crippen molar-refractivity contribution < 1.29 is 17.9 Å². The molecule has 0 bridgehead atoms. The molecule has 7 heteroatoms. The minimum absolute atomic E-state index is 0.103. The molecule has 3 N–H and O–H groups in total. The van der Waals surface area contributed by atoms with Crippen LogP contribution in [0, 0.1) is 5.92 Å². The van der Waals surface area contributed by atoms with Crippen molar-refractivity contribution in [3.8, 4) is 5.75 Å². The van der Waals surface area contributed by atoms with E-state index in [-0.39, 0.29) is 16.6 Å². The lowest BCUT2D eigenvalue weighted by atomic mass is 10.0. The Balaban J connectivity index is 2.09. The van der Waals surface area contributed by atoms with Crippen LogP contribution < -0.4 is 15.2 Å². The van der Waals surface area contributed by atoms with E-state index in [0.29, 0.717) is 18.8 Å². The van der Waals surface area contributed by atoms with Gasteiger partial charge in [0.2, 0.25) is 10.0 Å². The van der Waals surface area contributed by atoms with Crippen molar-refractivity contribution in [3.05, 3.63) is 18.2 Å². The molecule has 2 rings (SSSR count). The average Bonchev–Trinajstić information content (AvgIpc) is 2.46. The van der Waals surface area contributed by atoms with E-state index >= 15 is 0 Å². The number of nitrogens with one attached hydrogen (secondary N) is 1. The van der Waals surface area contributed by atoms with Crippen LogP contribution in [-0.4, -0.2) is 35.3 Å². The normalized spacial score (nSPS) is 19.8. The topological polar surface area (TPSA) is 90.7 Å². The molecule has 1 atom stereocenters. The van der Waals surface area contributed by atoms with Crippen molar-refractivity contribution in [2.75, 3.05) is 32.6 Å². The maximum Gasteiger partial charge on any atom is 0.244 e. The van der Waals surface area contributed by atoms with E-state index in [1.165, 1.54) is 19.2 Å². The van der Waals surface area contributed by atoms with Gasteiger partial charge in [0.15, 0.2) is 0 Å². The number of benzene rings is 1. The third kappa shape index (κ3) is 3.62. The predicted molar refractivity (Wildman–Crippen MR) is 76.1 cm³/mol. The zero-order valence-corrected chi connectivity index (χ0v) is 12.3. The van der Waals surface area contributed by atoms with E-state index < -0.39 is 10.0 Å². The van der Waals surface area contributed by atoms with Crippen molar-refractivity contribution >= 4 is 15.7 Å². The van der Waals surface area contributed by atoms with E-state index in [2.05, 4.69) is 4.72 Å². The highest BCUT2D eigenvalue weighted by molar-refractivity contribution is 7.89. The summed E-state index contributed by atoms with van der Waals surface area (Å²) in [4.78, 5) is 0.103. The van der Waals surface area contributed by atoms with E-state index in [4.69, 9.17) is 15.2 Å². The average molecular weight is 300 g/mol. The Kier molecular flexibility index (Phi) is 4.85. The number of ether oxygens (including phenoxy) is 2. The van der Waals surface area contributed by atoms with Gasteiger partial charge in [0, 0.05) is 24.9 Å². The first-order chi connectivity index (χ1) is 9.53. The van der Waals surface area contributed by atoms with Gasteiger partial charge in [-0.25, -0.2) is 13.1 Å². The summed E-state index contributed by atoms with van der Waals surface area (Å²) in [5, 5.41) is 0. The Morgan fingerprint density at radius 1 is 1.50 bits per heavy atom. The summed E-state index contributed by atoms with van der Waals surface area (Å²) in [5.74, 6) is 0.468. The van der Waals surface area contributed by atoms with E-state index in [1.54, 1.807) is 6.07 Å². The second kappa shape index (κ2) is 6.43. The lowest BCUT2D eigenvalue weighted by molar-refractivity contribution is 0.0568. The van der Waals surface area contributed by atoms with Crippen LogP contribution in [0.5, 0.6) is 5.75 Å². The molecule has 1 fully saturated rings. The summed E-state index contributed by atoms with van der Waals surface area (Å²) in [6, 6.07) is 4.49. The largest absolute Gasteiger partial charge is 0.495 e. The molecule has 112 valence electrons. The molecule has 0 amide bonds. The van der Waals surface area contributed by atoms with Gasteiger partial charge >= 0.3 is 0 Å². The lowest BCUT2D eigenvalue weighted by Crippen LogP contribution is -2.33. The van der Waals surface area contributed by atoms with Crippen LogP contribution in [0.25, 0.3) is 0 Å². The first-order valence-corrected chi connectivity index (χ1v) is 8.02. The van der Waals surface area contributed by atoms with Gasteiger partial charge in [-0.05, 0) is 30.9 Å². The zero-order valence-electron chi connectivity index (χ0n) is 11.5. The van der Waals surface area contributed by atoms with Crippen LogP contribution in [0.4, 0.5) is 5.69 Å². The number of hydrogen-bond acceptors (Lipinski definition) is 5. The SMILES string of the molecule is COc1cc(N)ccc1S(=O)(=O)NCC1CCCOC1. The van der Waals surface area contributed by atoms with Crippen molar-refractivity contribution in [2.45, 2.75) is 17.7 Å². The van der Waals surface area contributed by atoms with Gasteiger partial charge in [-0.15, -0.1) is 0 Å². The van der Waals surface area contributed by atoms with Crippen LogP contribution >= 0.6 is 0 Å². The molecule has 0 radical (unpaired) electrons. The summed E-state index contributed by atoms with van der Waals surface area (Å²) < 4.78 is 37.6. The highest BCUT2D eigenvalue weighted by atomic mass is 32.2. The van der Waals surface area contributed by atoms with Crippen molar-refractivity contribution in [2.24, 2.45) is 5.92 Å². The molecular formula is C13H20N2O4S. The second-order valence-corrected chi connectivity index (χ2v) is 6.58. The molecule has 0 aliphatic carbocycles. The van der Waals surface area contributed by atoms with Crippen LogP contribution in [-0.2, 0) is 14.8 Å². The minimum atomic E-state index is -3.61. The van der Waals surface area contributed by atoms with Gasteiger partial charge < -0.3 is 15.2 Å². The van der Waals surface area contributed by atoms with Gasteiger partial charge in [0.05, 0.1) is 13.7 Å². The predicted octanol–water partition coefficient (Wildman–Crippen LogP) is 0.982. The molecular weight excluding hydrogens is 280 g/mol. The van der Waals surface area contributed by atoms with Crippen LogP contribution in [0.3, 0.4) is 0 Å². The molecule has 0 spiro atoms. The molecule has 6 nitrogen and oxygen atoms in total. The van der Waals surface area contributed by atoms with Crippen LogP contribution in [0.2, 0.25) is 0 Å². The van der Waals surface area contributed by atoms with Crippen molar-refractivity contribution in [1.29, 1.82) is 0 Å². The molecule has 0 saturated carbocycles. The summed E-state index contributed by atoms with van der Waals surface area (Å²) in [6.07, 6.45) is 1.94. The molecule has 1 saturated heterocycles. The van der Waals surface area contributed by atoms with E-state index in [0.717, 1.165) is 19.4 Å². The van der Waals surface area contributed by atoms with Crippen molar-refractivity contribution in [3.63, 3.8) is 0 Å². The van der Waals surface area contributed by atoms with E-state index in [1.807, 2.05) is 0 Å². The fourth-order valence-electron chi connectivity index (χ4n) is 2.18. The number of nitrogen functional groups attached to an aromatic ring is 1. The lowest BCUT2D eigenvalue weighted by Gasteiger charge is -2.22. The first-order valence-electron chi connectivity index (χ1n) is 6.54. The summed E-state index contributed by atoms with van der Waals surface area (Å²) in [6.45, 7) is 1.73. The number of nitrogens with two attached hydrogens (primary N) is 1. The number of anilines is 1. The number of methoxy groups -OCH3 is 1. The Labute approximate surface area is 119 Å². The maximum absolute atomic E-state index is 12.3. The summed E-state index contributed by atoms with van der Waals surface area (Å²) in [7, 11) is -2.19.